The van der Waals surface area contributed by atoms with Crippen LogP contribution in [0.1, 0.15) is 23.5 Å². The topological polar surface area (TPSA) is 40.9 Å². The number of hydrogen-bond acceptors (Lipinski definition) is 3. The molecule has 0 bridgehead atoms. The molecule has 1 heterocycles. The van der Waals surface area contributed by atoms with Crippen molar-refractivity contribution >= 4 is 28.7 Å². The van der Waals surface area contributed by atoms with Crippen LogP contribution in [0.4, 0.5) is 0 Å². The minimum Gasteiger partial charge on any atom is -0.292 e. The zero-order valence-corrected chi connectivity index (χ0v) is 9.52. The van der Waals surface area contributed by atoms with E-state index in [2.05, 4.69) is 0 Å². The maximum atomic E-state index is 11.8. The van der Waals surface area contributed by atoms with Crippen molar-refractivity contribution in [1.82, 2.24) is 0 Å². The number of halogens is 1. The van der Waals surface area contributed by atoms with Crippen molar-refractivity contribution in [2.24, 2.45) is 11.8 Å². The molecule has 1 atom stereocenters. The first-order chi connectivity index (χ1) is 6.57. The Morgan fingerprint density at radius 2 is 2.29 bits per heavy atom. The first kappa shape index (κ1) is 11.2. The standard InChI is InChI=1S/C10H10ClNOS/c1-6(2)7(5-12)9(13)10-8(11)3-4-14-10/h3-4,6-7H,1-2H3. The third-order valence-corrected chi connectivity index (χ3v) is 3.29. The molecule has 2 nitrogen and oxygen atoms in total. The fourth-order valence-electron chi connectivity index (χ4n) is 1.12. The van der Waals surface area contributed by atoms with Gasteiger partial charge in [0.2, 0.25) is 0 Å². The first-order valence-corrected chi connectivity index (χ1v) is 5.50. The highest BCUT2D eigenvalue weighted by Crippen LogP contribution is 2.27. The van der Waals surface area contributed by atoms with Gasteiger partial charge in [-0.05, 0) is 17.4 Å². The van der Waals surface area contributed by atoms with Gasteiger partial charge in [0.25, 0.3) is 0 Å². The quantitative estimate of drug-likeness (QED) is 0.743. The van der Waals surface area contributed by atoms with Crippen LogP contribution in [0, 0.1) is 23.2 Å². The number of carbonyl (C=O) groups is 1. The van der Waals surface area contributed by atoms with Crippen LogP contribution in [0.15, 0.2) is 11.4 Å². The molecule has 14 heavy (non-hydrogen) atoms. The maximum absolute atomic E-state index is 11.8. The third kappa shape index (κ3) is 2.14. The highest BCUT2D eigenvalue weighted by Gasteiger charge is 2.25. The van der Waals surface area contributed by atoms with Gasteiger partial charge < -0.3 is 0 Å². The van der Waals surface area contributed by atoms with Gasteiger partial charge in [-0.25, -0.2) is 0 Å². The summed E-state index contributed by atoms with van der Waals surface area (Å²) in [6.45, 7) is 3.71. The summed E-state index contributed by atoms with van der Waals surface area (Å²) in [5.41, 5.74) is 0. The Morgan fingerprint density at radius 3 is 2.64 bits per heavy atom. The van der Waals surface area contributed by atoms with Gasteiger partial charge in [0.1, 0.15) is 5.92 Å². The fraction of sp³-hybridized carbons (Fsp3) is 0.400. The second-order valence-corrected chi connectivity index (χ2v) is 4.64. The zero-order chi connectivity index (χ0) is 10.7. The van der Waals surface area contributed by atoms with Crippen molar-refractivity contribution in [2.75, 3.05) is 0 Å². The Morgan fingerprint density at radius 1 is 1.64 bits per heavy atom. The molecule has 0 spiro atoms. The molecule has 0 fully saturated rings. The summed E-state index contributed by atoms with van der Waals surface area (Å²) >= 11 is 7.11. The molecule has 0 saturated carbocycles. The Bertz CT molecular complexity index is 378. The van der Waals surface area contributed by atoms with Crippen LogP contribution < -0.4 is 0 Å². The lowest BCUT2D eigenvalue weighted by Gasteiger charge is -2.10. The number of thiophene rings is 1. The lowest BCUT2D eigenvalue weighted by molar-refractivity contribution is 0.0929. The number of Topliss-reactive ketones (excluding diaryl/α,β-unsaturated/α-hetero) is 1. The molecule has 1 aromatic heterocycles. The van der Waals surface area contributed by atoms with E-state index < -0.39 is 5.92 Å². The molecule has 0 N–H and O–H groups in total. The van der Waals surface area contributed by atoms with Crippen molar-refractivity contribution in [3.05, 3.63) is 21.3 Å². The van der Waals surface area contributed by atoms with E-state index in [-0.39, 0.29) is 11.7 Å². The van der Waals surface area contributed by atoms with E-state index >= 15 is 0 Å². The van der Waals surface area contributed by atoms with Crippen molar-refractivity contribution in [1.29, 1.82) is 5.26 Å². The molecule has 0 aromatic carbocycles. The predicted octanol–water partition coefficient (Wildman–Crippen LogP) is 3.38. The van der Waals surface area contributed by atoms with Crippen LogP contribution in [-0.2, 0) is 0 Å². The summed E-state index contributed by atoms with van der Waals surface area (Å²) in [7, 11) is 0. The Kier molecular flexibility index (Phi) is 3.68. The highest BCUT2D eigenvalue weighted by molar-refractivity contribution is 7.12. The van der Waals surface area contributed by atoms with Gasteiger partial charge in [0.15, 0.2) is 5.78 Å². The summed E-state index contributed by atoms with van der Waals surface area (Å²) in [5.74, 6) is -0.737. The normalized spacial score (nSPS) is 12.5. The second-order valence-electron chi connectivity index (χ2n) is 3.31. The number of nitrogens with zero attached hydrogens (tertiary/aromatic N) is 1. The summed E-state index contributed by atoms with van der Waals surface area (Å²) in [4.78, 5) is 12.3. The van der Waals surface area contributed by atoms with E-state index in [4.69, 9.17) is 16.9 Å². The Balaban J connectivity index is 2.96. The van der Waals surface area contributed by atoms with Crippen LogP contribution in [0.3, 0.4) is 0 Å². The summed E-state index contributed by atoms with van der Waals surface area (Å²) in [6, 6.07) is 3.69. The number of carbonyl (C=O) groups excluding carboxylic acids is 1. The van der Waals surface area contributed by atoms with Crippen LogP contribution in [-0.4, -0.2) is 5.78 Å². The van der Waals surface area contributed by atoms with Crippen LogP contribution >= 0.6 is 22.9 Å². The van der Waals surface area contributed by atoms with Crippen LogP contribution in [0.2, 0.25) is 5.02 Å². The van der Waals surface area contributed by atoms with E-state index in [1.165, 1.54) is 11.3 Å². The molecule has 1 aromatic rings. The number of rotatable bonds is 3. The highest BCUT2D eigenvalue weighted by atomic mass is 35.5. The zero-order valence-electron chi connectivity index (χ0n) is 7.95. The molecule has 0 radical (unpaired) electrons. The van der Waals surface area contributed by atoms with Gasteiger partial charge in [-0.2, -0.15) is 5.26 Å². The summed E-state index contributed by atoms with van der Waals surface area (Å²) in [6.07, 6.45) is 0. The minimum absolute atomic E-state index is 0.0191. The van der Waals surface area contributed by atoms with E-state index in [0.29, 0.717) is 9.90 Å². The van der Waals surface area contributed by atoms with E-state index in [0.717, 1.165) is 0 Å². The third-order valence-electron chi connectivity index (χ3n) is 1.93. The molecular formula is C10H10ClNOS. The van der Waals surface area contributed by atoms with Gasteiger partial charge in [0, 0.05) is 0 Å². The monoisotopic (exact) mass is 227 g/mol. The molecule has 0 aliphatic heterocycles. The lowest BCUT2D eigenvalue weighted by Crippen LogP contribution is -2.17. The van der Waals surface area contributed by atoms with E-state index in [9.17, 15) is 4.79 Å². The second kappa shape index (κ2) is 4.59. The fourth-order valence-corrected chi connectivity index (χ4v) is 2.25. The smallest absolute Gasteiger partial charge is 0.191 e. The summed E-state index contributed by atoms with van der Waals surface area (Å²) in [5, 5.41) is 11.0. The largest absolute Gasteiger partial charge is 0.292 e. The lowest BCUT2D eigenvalue weighted by atomic mass is 9.92. The van der Waals surface area contributed by atoms with E-state index in [1.54, 1.807) is 11.4 Å². The molecular weight excluding hydrogens is 218 g/mol. The molecule has 0 saturated heterocycles. The van der Waals surface area contributed by atoms with Crippen LogP contribution in [0.25, 0.3) is 0 Å². The van der Waals surface area contributed by atoms with Crippen molar-refractivity contribution < 1.29 is 4.79 Å². The Hall–Kier alpha value is -0.850. The average Bonchev–Trinajstić information content (AvgIpc) is 2.51. The Labute approximate surface area is 92.1 Å². The SMILES string of the molecule is CC(C)C(C#N)C(=O)c1sccc1Cl. The maximum Gasteiger partial charge on any atom is 0.191 e. The number of hydrogen-bond donors (Lipinski definition) is 0. The predicted molar refractivity (Wildman–Crippen MR) is 57.6 cm³/mol. The number of nitriles is 1. The van der Waals surface area contributed by atoms with Gasteiger partial charge in [-0.15, -0.1) is 11.3 Å². The molecule has 1 unspecified atom stereocenters. The van der Waals surface area contributed by atoms with E-state index in [1.807, 2.05) is 19.9 Å². The minimum atomic E-state index is -0.592. The number of ketones is 1. The van der Waals surface area contributed by atoms with Gasteiger partial charge >= 0.3 is 0 Å². The molecule has 74 valence electrons. The first-order valence-electron chi connectivity index (χ1n) is 4.24. The van der Waals surface area contributed by atoms with Crippen LogP contribution in [0.5, 0.6) is 0 Å². The average molecular weight is 228 g/mol. The molecule has 0 aliphatic rings. The molecule has 1 rings (SSSR count). The van der Waals surface area contributed by atoms with Crippen molar-refractivity contribution in [3.63, 3.8) is 0 Å². The summed E-state index contributed by atoms with van der Waals surface area (Å²) < 4.78 is 0. The molecule has 4 heteroatoms. The van der Waals surface area contributed by atoms with Crippen molar-refractivity contribution in [2.45, 2.75) is 13.8 Å². The van der Waals surface area contributed by atoms with Gasteiger partial charge in [-0.3, -0.25) is 4.79 Å². The van der Waals surface area contributed by atoms with Gasteiger partial charge in [0.05, 0.1) is 16.0 Å². The molecule has 0 amide bonds. The van der Waals surface area contributed by atoms with Crippen molar-refractivity contribution in [3.8, 4) is 6.07 Å². The molecule has 0 aliphatic carbocycles. The van der Waals surface area contributed by atoms with Gasteiger partial charge in [-0.1, -0.05) is 25.4 Å².